The van der Waals surface area contributed by atoms with Crippen LogP contribution in [0.1, 0.15) is 42.1 Å². The van der Waals surface area contributed by atoms with Crippen LogP contribution in [-0.4, -0.2) is 37.0 Å². The van der Waals surface area contributed by atoms with Crippen molar-refractivity contribution in [2.45, 2.75) is 44.0 Å². The Balaban J connectivity index is 1.84. The van der Waals surface area contributed by atoms with Crippen molar-refractivity contribution in [1.29, 1.82) is 0 Å². The number of rotatable bonds is 5. The van der Waals surface area contributed by atoms with E-state index in [0.717, 1.165) is 12.0 Å². The third-order valence-corrected chi connectivity index (χ3v) is 6.84. The molecule has 1 saturated heterocycles. The van der Waals surface area contributed by atoms with E-state index in [1.54, 1.807) is 48.5 Å². The second kappa shape index (κ2) is 8.24. The Morgan fingerprint density at radius 1 is 1.07 bits per heavy atom. The fraction of sp³-hybridized carbons (Fsp3) is 0.333. The van der Waals surface area contributed by atoms with Crippen molar-refractivity contribution in [3.05, 3.63) is 59.7 Å². The Kier molecular flexibility index (Phi) is 5.96. The highest BCUT2D eigenvalue weighted by atomic mass is 32.2. The number of piperidine rings is 1. The van der Waals surface area contributed by atoms with Gasteiger partial charge in [-0.1, -0.05) is 36.2 Å². The molecule has 2 aromatic carbocycles. The highest BCUT2D eigenvalue weighted by Crippen LogP contribution is 2.26. The number of carbonyl (C=O) groups excluding carboxylic acids is 2. The van der Waals surface area contributed by atoms with Crippen LogP contribution < -0.4 is 5.32 Å². The molecular formula is C21H24N2O4S. The summed E-state index contributed by atoms with van der Waals surface area (Å²) in [6.07, 6.45) is 1.96. The van der Waals surface area contributed by atoms with Crippen LogP contribution in [0.15, 0.2) is 53.4 Å². The number of amides is 1. The number of nitrogens with one attached hydrogen (secondary N) is 1. The molecule has 28 heavy (non-hydrogen) atoms. The van der Waals surface area contributed by atoms with E-state index < -0.39 is 16.1 Å². The largest absolute Gasteiger partial charge is 0.325 e. The predicted molar refractivity (Wildman–Crippen MR) is 108 cm³/mol. The summed E-state index contributed by atoms with van der Waals surface area (Å²) in [5.74, 6) is -0.478. The van der Waals surface area contributed by atoms with Crippen LogP contribution in [0.4, 0.5) is 5.69 Å². The Hall–Kier alpha value is -2.51. The molecule has 2 aromatic rings. The number of nitrogens with zero attached hydrogens (tertiary/aromatic N) is 1. The zero-order chi connectivity index (χ0) is 20.3. The summed E-state index contributed by atoms with van der Waals surface area (Å²) in [5, 5.41) is 2.77. The first-order valence-electron chi connectivity index (χ1n) is 9.29. The summed E-state index contributed by atoms with van der Waals surface area (Å²) in [4.78, 5) is 24.6. The molecule has 1 fully saturated rings. The first-order chi connectivity index (χ1) is 13.3. The fourth-order valence-electron chi connectivity index (χ4n) is 3.34. The second-order valence-electron chi connectivity index (χ2n) is 7.07. The standard InChI is InChI=1S/C21H24N2O4S/c1-15-9-11-19(12-10-15)28(26,27)23-13-4-3-8-20(23)21(25)22-18-7-5-6-17(14-18)16(2)24/h5-7,9-12,14,20H,3-4,8,13H2,1-2H3,(H,22,25)/t20-/m1/s1. The maximum absolute atomic E-state index is 13.1. The smallest absolute Gasteiger partial charge is 0.243 e. The van der Waals surface area contributed by atoms with Crippen molar-refractivity contribution >= 4 is 27.4 Å². The summed E-state index contributed by atoms with van der Waals surface area (Å²) in [6, 6.07) is 12.5. The molecule has 1 N–H and O–H groups in total. The van der Waals surface area contributed by atoms with E-state index in [-0.39, 0.29) is 16.6 Å². The molecule has 0 saturated carbocycles. The van der Waals surface area contributed by atoms with Crippen molar-refractivity contribution in [2.24, 2.45) is 0 Å². The summed E-state index contributed by atoms with van der Waals surface area (Å²) in [5.41, 5.74) is 1.94. The van der Waals surface area contributed by atoms with E-state index in [4.69, 9.17) is 0 Å². The minimum absolute atomic E-state index is 0.0997. The third kappa shape index (κ3) is 4.31. The van der Waals surface area contributed by atoms with Crippen molar-refractivity contribution < 1.29 is 18.0 Å². The van der Waals surface area contributed by atoms with Crippen LogP contribution in [0, 0.1) is 6.92 Å². The first kappa shape index (κ1) is 20.2. The zero-order valence-corrected chi connectivity index (χ0v) is 16.8. The van der Waals surface area contributed by atoms with E-state index in [2.05, 4.69) is 5.32 Å². The Labute approximate surface area is 165 Å². The van der Waals surface area contributed by atoms with Crippen molar-refractivity contribution in [2.75, 3.05) is 11.9 Å². The number of carbonyl (C=O) groups is 2. The van der Waals surface area contributed by atoms with E-state index >= 15 is 0 Å². The number of ketones is 1. The fourth-order valence-corrected chi connectivity index (χ4v) is 5.00. The van der Waals surface area contributed by atoms with Gasteiger partial charge in [0, 0.05) is 17.8 Å². The average Bonchev–Trinajstić information content (AvgIpc) is 2.68. The van der Waals surface area contributed by atoms with Gasteiger partial charge in [0.1, 0.15) is 6.04 Å². The molecule has 0 bridgehead atoms. The predicted octanol–water partition coefficient (Wildman–Crippen LogP) is 3.38. The second-order valence-corrected chi connectivity index (χ2v) is 8.96. The Morgan fingerprint density at radius 3 is 2.46 bits per heavy atom. The van der Waals surface area contributed by atoms with Crippen molar-refractivity contribution in [3.63, 3.8) is 0 Å². The molecule has 148 valence electrons. The molecule has 6 nitrogen and oxygen atoms in total. The van der Waals surface area contributed by atoms with E-state index in [1.807, 2.05) is 6.92 Å². The maximum atomic E-state index is 13.1. The minimum atomic E-state index is -3.77. The van der Waals surface area contributed by atoms with E-state index in [1.165, 1.54) is 11.2 Å². The molecule has 7 heteroatoms. The molecule has 1 heterocycles. The molecule has 1 aliphatic heterocycles. The van der Waals surface area contributed by atoms with Gasteiger partial charge >= 0.3 is 0 Å². The van der Waals surface area contributed by atoms with Crippen molar-refractivity contribution in [1.82, 2.24) is 4.31 Å². The molecule has 0 unspecified atom stereocenters. The van der Waals surface area contributed by atoms with Crippen LogP contribution in [0.2, 0.25) is 0 Å². The van der Waals surface area contributed by atoms with Gasteiger partial charge in [0.25, 0.3) is 0 Å². The summed E-state index contributed by atoms with van der Waals surface area (Å²) < 4.78 is 27.5. The zero-order valence-electron chi connectivity index (χ0n) is 16.0. The van der Waals surface area contributed by atoms with Crippen LogP contribution in [-0.2, 0) is 14.8 Å². The van der Waals surface area contributed by atoms with Gasteiger partial charge < -0.3 is 5.32 Å². The normalized spacial score (nSPS) is 17.9. The van der Waals surface area contributed by atoms with Gasteiger partial charge in [-0.05, 0) is 51.0 Å². The summed E-state index contributed by atoms with van der Waals surface area (Å²) in [6.45, 7) is 3.66. The number of sulfonamides is 1. The average molecular weight is 401 g/mol. The topological polar surface area (TPSA) is 83.6 Å². The van der Waals surface area contributed by atoms with E-state index in [0.29, 0.717) is 30.6 Å². The lowest BCUT2D eigenvalue weighted by atomic mass is 10.0. The van der Waals surface area contributed by atoms with Crippen LogP contribution in [0.5, 0.6) is 0 Å². The summed E-state index contributed by atoms with van der Waals surface area (Å²) in [7, 11) is -3.77. The number of Topliss-reactive ketones (excluding diaryl/α,β-unsaturated/α-hetero) is 1. The lowest BCUT2D eigenvalue weighted by Crippen LogP contribution is -2.49. The van der Waals surface area contributed by atoms with Gasteiger partial charge in [0.05, 0.1) is 4.90 Å². The van der Waals surface area contributed by atoms with Crippen molar-refractivity contribution in [3.8, 4) is 0 Å². The molecule has 3 rings (SSSR count). The monoisotopic (exact) mass is 400 g/mol. The Morgan fingerprint density at radius 2 is 1.79 bits per heavy atom. The number of aryl methyl sites for hydroxylation is 1. The minimum Gasteiger partial charge on any atom is -0.325 e. The van der Waals surface area contributed by atoms with Gasteiger partial charge in [-0.15, -0.1) is 0 Å². The lowest BCUT2D eigenvalue weighted by Gasteiger charge is -2.33. The Bertz CT molecular complexity index is 984. The molecule has 1 aliphatic rings. The third-order valence-electron chi connectivity index (χ3n) is 4.92. The number of hydrogen-bond donors (Lipinski definition) is 1. The van der Waals surface area contributed by atoms with Crippen LogP contribution in [0.3, 0.4) is 0 Å². The molecule has 1 atom stereocenters. The first-order valence-corrected chi connectivity index (χ1v) is 10.7. The highest BCUT2D eigenvalue weighted by molar-refractivity contribution is 7.89. The quantitative estimate of drug-likeness (QED) is 0.780. The van der Waals surface area contributed by atoms with Gasteiger partial charge in [0.15, 0.2) is 5.78 Å². The van der Waals surface area contributed by atoms with Gasteiger partial charge in [-0.2, -0.15) is 4.31 Å². The SMILES string of the molecule is CC(=O)c1cccc(NC(=O)[C@H]2CCCCN2S(=O)(=O)c2ccc(C)cc2)c1. The van der Waals surface area contributed by atoms with Gasteiger partial charge in [-0.25, -0.2) is 8.42 Å². The summed E-state index contributed by atoms with van der Waals surface area (Å²) >= 11 is 0. The van der Waals surface area contributed by atoms with Gasteiger partial charge in [0.2, 0.25) is 15.9 Å². The molecule has 0 radical (unpaired) electrons. The molecule has 0 aliphatic carbocycles. The molecule has 1 amide bonds. The van der Waals surface area contributed by atoms with Crippen LogP contribution >= 0.6 is 0 Å². The maximum Gasteiger partial charge on any atom is 0.243 e. The van der Waals surface area contributed by atoms with Gasteiger partial charge in [-0.3, -0.25) is 9.59 Å². The van der Waals surface area contributed by atoms with Crippen LogP contribution in [0.25, 0.3) is 0 Å². The lowest BCUT2D eigenvalue weighted by molar-refractivity contribution is -0.120. The molecular weight excluding hydrogens is 376 g/mol. The number of benzene rings is 2. The molecule has 0 spiro atoms. The molecule has 0 aromatic heterocycles. The van der Waals surface area contributed by atoms with E-state index in [9.17, 15) is 18.0 Å². The number of anilines is 1. The highest BCUT2D eigenvalue weighted by Gasteiger charge is 2.37. The number of hydrogen-bond acceptors (Lipinski definition) is 4.